The Bertz CT molecular complexity index is 645. The maximum Gasteiger partial charge on any atom is 0.147 e. The van der Waals surface area contributed by atoms with E-state index in [0.29, 0.717) is 27.1 Å². The van der Waals surface area contributed by atoms with Crippen molar-refractivity contribution in [2.75, 3.05) is 0 Å². The van der Waals surface area contributed by atoms with Crippen LogP contribution in [0.3, 0.4) is 0 Å². The van der Waals surface area contributed by atoms with Gasteiger partial charge in [-0.2, -0.15) is 0 Å². The van der Waals surface area contributed by atoms with Crippen LogP contribution in [0.4, 0.5) is 0 Å². The van der Waals surface area contributed by atoms with Gasteiger partial charge in [0.25, 0.3) is 0 Å². The van der Waals surface area contributed by atoms with Crippen LogP contribution in [0.15, 0.2) is 40.9 Å². The van der Waals surface area contributed by atoms with Crippen LogP contribution in [0.1, 0.15) is 11.1 Å². The standard InChI is InChI=1S/C14H11BrClNOS/c1-8-3-2-4-10(14(17)19)13(8)18-12-7-9(15)5-6-11(12)16/h2-7H,1H3,(H2,17,19). The molecule has 0 aliphatic carbocycles. The fraction of sp³-hybridized carbons (Fsp3) is 0.0714. The smallest absolute Gasteiger partial charge is 0.147 e. The summed E-state index contributed by atoms with van der Waals surface area (Å²) >= 11 is 14.5. The average Bonchev–Trinajstić information content (AvgIpc) is 2.35. The summed E-state index contributed by atoms with van der Waals surface area (Å²) in [6.45, 7) is 1.93. The Hall–Kier alpha value is -1.10. The van der Waals surface area contributed by atoms with Crippen molar-refractivity contribution >= 4 is 44.7 Å². The second-order valence-corrected chi connectivity index (χ2v) is 5.76. The molecule has 0 atom stereocenters. The van der Waals surface area contributed by atoms with Crippen LogP contribution in [-0.4, -0.2) is 4.99 Å². The van der Waals surface area contributed by atoms with Crippen LogP contribution < -0.4 is 10.5 Å². The lowest BCUT2D eigenvalue weighted by atomic mass is 10.1. The first-order valence-electron chi connectivity index (χ1n) is 5.51. The SMILES string of the molecule is Cc1cccc(C(N)=S)c1Oc1cc(Br)ccc1Cl. The van der Waals surface area contributed by atoms with Crippen LogP contribution in [0, 0.1) is 6.92 Å². The number of halogens is 2. The van der Waals surface area contributed by atoms with Crippen molar-refractivity contribution in [3.8, 4) is 11.5 Å². The molecule has 98 valence electrons. The predicted octanol–water partition coefficient (Wildman–Crippen LogP) is 4.84. The van der Waals surface area contributed by atoms with Crippen molar-refractivity contribution in [2.24, 2.45) is 5.73 Å². The number of aryl methyl sites for hydroxylation is 1. The summed E-state index contributed by atoms with van der Waals surface area (Å²) in [7, 11) is 0. The van der Waals surface area contributed by atoms with Gasteiger partial charge < -0.3 is 10.5 Å². The molecule has 2 rings (SSSR count). The third-order valence-corrected chi connectivity index (χ3v) is 3.61. The molecule has 0 aromatic heterocycles. The molecule has 0 saturated carbocycles. The Morgan fingerprint density at radius 3 is 2.74 bits per heavy atom. The molecule has 5 heteroatoms. The fourth-order valence-electron chi connectivity index (χ4n) is 1.65. The first-order valence-corrected chi connectivity index (χ1v) is 7.09. The summed E-state index contributed by atoms with van der Waals surface area (Å²) in [5.41, 5.74) is 7.36. The second kappa shape index (κ2) is 5.90. The van der Waals surface area contributed by atoms with Crippen LogP contribution in [-0.2, 0) is 0 Å². The molecular formula is C14H11BrClNOS. The molecule has 0 aliphatic rings. The molecule has 0 heterocycles. The van der Waals surface area contributed by atoms with E-state index < -0.39 is 0 Å². The van der Waals surface area contributed by atoms with Crippen LogP contribution in [0.5, 0.6) is 11.5 Å². The molecule has 0 unspecified atom stereocenters. The fourth-order valence-corrected chi connectivity index (χ4v) is 2.30. The highest BCUT2D eigenvalue weighted by Gasteiger charge is 2.12. The summed E-state index contributed by atoms with van der Waals surface area (Å²) < 4.78 is 6.77. The largest absolute Gasteiger partial charge is 0.455 e. The predicted molar refractivity (Wildman–Crippen MR) is 86.3 cm³/mol. The van der Waals surface area contributed by atoms with Crippen LogP contribution >= 0.6 is 39.7 Å². The summed E-state index contributed by atoms with van der Waals surface area (Å²) in [4.78, 5) is 0.296. The molecule has 2 N–H and O–H groups in total. The van der Waals surface area contributed by atoms with Gasteiger partial charge in [0.15, 0.2) is 0 Å². The lowest BCUT2D eigenvalue weighted by molar-refractivity contribution is 0.478. The van der Waals surface area contributed by atoms with Crippen molar-refractivity contribution in [3.63, 3.8) is 0 Å². The zero-order valence-electron chi connectivity index (χ0n) is 10.1. The molecule has 0 radical (unpaired) electrons. The van der Waals surface area contributed by atoms with Crippen molar-refractivity contribution < 1.29 is 4.74 Å². The lowest BCUT2D eigenvalue weighted by Crippen LogP contribution is -2.11. The van der Waals surface area contributed by atoms with E-state index in [1.807, 2.05) is 31.2 Å². The molecule has 0 spiro atoms. The number of benzene rings is 2. The van der Waals surface area contributed by atoms with E-state index in [-0.39, 0.29) is 0 Å². The maximum absolute atomic E-state index is 6.12. The summed E-state index contributed by atoms with van der Waals surface area (Å²) in [5, 5.41) is 0.528. The first kappa shape index (κ1) is 14.3. The number of hydrogen-bond acceptors (Lipinski definition) is 2. The van der Waals surface area contributed by atoms with Gasteiger partial charge in [0.2, 0.25) is 0 Å². The summed E-state index contributed by atoms with van der Waals surface area (Å²) in [6.07, 6.45) is 0. The van der Waals surface area contributed by atoms with Gasteiger partial charge in [-0.25, -0.2) is 0 Å². The monoisotopic (exact) mass is 355 g/mol. The zero-order chi connectivity index (χ0) is 14.0. The van der Waals surface area contributed by atoms with Crippen molar-refractivity contribution in [3.05, 3.63) is 57.0 Å². The van der Waals surface area contributed by atoms with Gasteiger partial charge in [-0.05, 0) is 36.8 Å². The van der Waals surface area contributed by atoms with Gasteiger partial charge in [0.05, 0.1) is 10.6 Å². The minimum atomic E-state index is 0.296. The number of thiocarbonyl (C=S) groups is 1. The third-order valence-electron chi connectivity index (χ3n) is 2.58. The van der Waals surface area contributed by atoms with E-state index >= 15 is 0 Å². The van der Waals surface area contributed by atoms with Gasteiger partial charge >= 0.3 is 0 Å². The first-order chi connectivity index (χ1) is 8.99. The Balaban J connectivity index is 2.49. The molecule has 0 bridgehead atoms. The summed E-state index contributed by atoms with van der Waals surface area (Å²) in [6, 6.07) is 11.1. The van der Waals surface area contributed by atoms with Gasteiger partial charge in [-0.1, -0.05) is 51.9 Å². The average molecular weight is 357 g/mol. The number of ether oxygens (including phenoxy) is 1. The quantitative estimate of drug-likeness (QED) is 0.799. The molecule has 19 heavy (non-hydrogen) atoms. The van der Waals surface area contributed by atoms with Crippen molar-refractivity contribution in [2.45, 2.75) is 6.92 Å². The molecule has 2 aromatic carbocycles. The van der Waals surface area contributed by atoms with E-state index in [2.05, 4.69) is 15.9 Å². The molecule has 2 nitrogen and oxygen atoms in total. The number of rotatable bonds is 3. The number of para-hydroxylation sites is 1. The van der Waals surface area contributed by atoms with Crippen molar-refractivity contribution in [1.82, 2.24) is 0 Å². The van der Waals surface area contributed by atoms with E-state index in [0.717, 1.165) is 10.0 Å². The van der Waals surface area contributed by atoms with E-state index in [1.54, 1.807) is 12.1 Å². The highest BCUT2D eigenvalue weighted by Crippen LogP contribution is 2.35. The van der Waals surface area contributed by atoms with Crippen LogP contribution in [0.25, 0.3) is 0 Å². The minimum Gasteiger partial charge on any atom is -0.455 e. The maximum atomic E-state index is 6.12. The highest BCUT2D eigenvalue weighted by molar-refractivity contribution is 9.10. The van der Waals surface area contributed by atoms with Crippen molar-refractivity contribution in [1.29, 1.82) is 0 Å². The van der Waals surface area contributed by atoms with Gasteiger partial charge in [0.1, 0.15) is 16.5 Å². The minimum absolute atomic E-state index is 0.296. The molecule has 0 saturated heterocycles. The highest BCUT2D eigenvalue weighted by atomic mass is 79.9. The molecule has 0 fully saturated rings. The number of hydrogen-bond donors (Lipinski definition) is 1. The van der Waals surface area contributed by atoms with E-state index in [4.69, 9.17) is 34.3 Å². The Labute approximate surface area is 130 Å². The van der Waals surface area contributed by atoms with Gasteiger partial charge in [-0.15, -0.1) is 0 Å². The Morgan fingerprint density at radius 1 is 1.32 bits per heavy atom. The van der Waals surface area contributed by atoms with Gasteiger partial charge in [-0.3, -0.25) is 0 Å². The second-order valence-electron chi connectivity index (χ2n) is 3.99. The third kappa shape index (κ3) is 3.26. The molecule has 2 aromatic rings. The molecular weight excluding hydrogens is 346 g/mol. The topological polar surface area (TPSA) is 35.2 Å². The zero-order valence-corrected chi connectivity index (χ0v) is 13.3. The van der Waals surface area contributed by atoms with Crippen LogP contribution in [0.2, 0.25) is 5.02 Å². The summed E-state index contributed by atoms with van der Waals surface area (Å²) in [5.74, 6) is 1.19. The molecule has 0 aliphatic heterocycles. The number of nitrogens with two attached hydrogens (primary N) is 1. The van der Waals surface area contributed by atoms with E-state index in [9.17, 15) is 0 Å². The van der Waals surface area contributed by atoms with E-state index in [1.165, 1.54) is 0 Å². The van der Waals surface area contributed by atoms with Gasteiger partial charge in [0, 0.05) is 4.47 Å². The Morgan fingerprint density at radius 2 is 2.05 bits per heavy atom. The Kier molecular flexibility index (Phi) is 4.45. The normalized spacial score (nSPS) is 10.3. The lowest BCUT2D eigenvalue weighted by Gasteiger charge is -2.14. The molecule has 0 amide bonds.